The van der Waals surface area contributed by atoms with E-state index in [2.05, 4.69) is 50.6 Å². The first-order valence-corrected chi connectivity index (χ1v) is 7.19. The molecular weight excluding hydrogens is 330 g/mol. The molecule has 2 aromatic rings. The summed E-state index contributed by atoms with van der Waals surface area (Å²) >= 11 is 9.54. The van der Waals surface area contributed by atoms with E-state index in [1.165, 1.54) is 0 Å². The summed E-state index contributed by atoms with van der Waals surface area (Å²) in [6.07, 6.45) is 0. The van der Waals surface area contributed by atoms with Gasteiger partial charge in [-0.25, -0.2) is 0 Å². The van der Waals surface area contributed by atoms with Crippen molar-refractivity contribution in [1.82, 2.24) is 25.5 Å². The quantitative estimate of drug-likeness (QED) is 0.906. The van der Waals surface area contributed by atoms with Crippen molar-refractivity contribution in [3.8, 4) is 5.69 Å². The molecule has 102 valence electrons. The monoisotopic (exact) mass is 343 g/mol. The summed E-state index contributed by atoms with van der Waals surface area (Å²) in [6, 6.07) is 5.60. The number of benzene rings is 1. The van der Waals surface area contributed by atoms with Gasteiger partial charge in [0.05, 0.1) is 21.7 Å². The van der Waals surface area contributed by atoms with E-state index in [0.29, 0.717) is 17.5 Å². The van der Waals surface area contributed by atoms with Crippen molar-refractivity contribution in [3.05, 3.63) is 33.5 Å². The zero-order valence-corrected chi connectivity index (χ0v) is 13.1. The number of nitrogens with one attached hydrogen (secondary N) is 1. The maximum atomic E-state index is 6.08. The third-order valence-electron chi connectivity index (χ3n) is 2.53. The van der Waals surface area contributed by atoms with Crippen molar-refractivity contribution < 1.29 is 0 Å². The van der Waals surface area contributed by atoms with Gasteiger partial charge in [0, 0.05) is 0 Å². The topological polar surface area (TPSA) is 55.6 Å². The fraction of sp³-hybridized carbons (Fsp3) is 0.417. The van der Waals surface area contributed by atoms with Crippen molar-refractivity contribution in [2.45, 2.75) is 20.4 Å². The Bertz CT molecular complexity index is 555. The SMILES string of the molecule is CC(C)CNCc1nnnn1-c1cccc(Cl)c1Br. The van der Waals surface area contributed by atoms with Crippen LogP contribution in [0.25, 0.3) is 5.69 Å². The molecular formula is C12H15BrClN5. The van der Waals surface area contributed by atoms with Crippen LogP contribution in [0.4, 0.5) is 0 Å². The molecule has 1 aromatic heterocycles. The van der Waals surface area contributed by atoms with Crippen LogP contribution >= 0.6 is 27.5 Å². The Labute approximate surface area is 125 Å². The summed E-state index contributed by atoms with van der Waals surface area (Å²) in [4.78, 5) is 0. The van der Waals surface area contributed by atoms with Gasteiger partial charge >= 0.3 is 0 Å². The second-order valence-corrected chi connectivity index (χ2v) is 5.80. The van der Waals surface area contributed by atoms with Crippen LogP contribution in [0.1, 0.15) is 19.7 Å². The molecule has 0 saturated carbocycles. The number of aromatic nitrogens is 4. The fourth-order valence-electron chi connectivity index (χ4n) is 1.63. The van der Waals surface area contributed by atoms with Crippen LogP contribution in [0.5, 0.6) is 0 Å². The molecule has 1 aromatic carbocycles. The maximum Gasteiger partial charge on any atom is 0.170 e. The van der Waals surface area contributed by atoms with Gasteiger partial charge in [0.15, 0.2) is 5.82 Å². The van der Waals surface area contributed by atoms with E-state index >= 15 is 0 Å². The minimum absolute atomic E-state index is 0.585. The van der Waals surface area contributed by atoms with Gasteiger partial charge in [-0.1, -0.05) is 31.5 Å². The first kappa shape index (κ1) is 14.4. The highest BCUT2D eigenvalue weighted by Gasteiger charge is 2.12. The molecule has 0 aliphatic heterocycles. The number of halogens is 2. The molecule has 1 N–H and O–H groups in total. The summed E-state index contributed by atoms with van der Waals surface area (Å²) in [5.41, 5.74) is 0.832. The summed E-state index contributed by atoms with van der Waals surface area (Å²) in [5.74, 6) is 1.34. The molecule has 7 heteroatoms. The highest BCUT2D eigenvalue weighted by Crippen LogP contribution is 2.28. The number of hydrogen-bond acceptors (Lipinski definition) is 4. The lowest BCUT2D eigenvalue weighted by Gasteiger charge is -2.09. The Morgan fingerprint density at radius 2 is 2.21 bits per heavy atom. The Kier molecular flexibility index (Phi) is 4.90. The normalized spacial score (nSPS) is 11.2. The summed E-state index contributed by atoms with van der Waals surface area (Å²) in [6.45, 7) is 5.85. The Hall–Kier alpha value is -0.980. The van der Waals surface area contributed by atoms with Crippen molar-refractivity contribution >= 4 is 27.5 Å². The molecule has 0 radical (unpaired) electrons. The van der Waals surface area contributed by atoms with Gasteiger partial charge in [-0.3, -0.25) is 0 Å². The van der Waals surface area contributed by atoms with Crippen molar-refractivity contribution in [2.24, 2.45) is 5.92 Å². The Balaban J connectivity index is 2.21. The van der Waals surface area contributed by atoms with Crippen molar-refractivity contribution in [1.29, 1.82) is 0 Å². The molecule has 5 nitrogen and oxygen atoms in total. The lowest BCUT2D eigenvalue weighted by atomic mass is 10.2. The van der Waals surface area contributed by atoms with Crippen LogP contribution < -0.4 is 5.32 Å². The second-order valence-electron chi connectivity index (χ2n) is 4.60. The van der Waals surface area contributed by atoms with Crippen LogP contribution in [0, 0.1) is 5.92 Å². The smallest absolute Gasteiger partial charge is 0.170 e. The van der Waals surface area contributed by atoms with E-state index in [0.717, 1.165) is 22.5 Å². The van der Waals surface area contributed by atoms with Crippen LogP contribution in [0.3, 0.4) is 0 Å². The predicted octanol–water partition coefficient (Wildman–Crippen LogP) is 2.82. The van der Waals surface area contributed by atoms with Crippen molar-refractivity contribution in [2.75, 3.05) is 6.54 Å². The van der Waals surface area contributed by atoms with Crippen LogP contribution in [0.2, 0.25) is 5.02 Å². The highest BCUT2D eigenvalue weighted by atomic mass is 79.9. The summed E-state index contributed by atoms with van der Waals surface area (Å²) in [5, 5.41) is 15.7. The van der Waals surface area contributed by atoms with E-state index in [1.807, 2.05) is 18.2 Å². The molecule has 0 unspecified atom stereocenters. The first-order valence-electron chi connectivity index (χ1n) is 6.02. The van der Waals surface area contributed by atoms with Gasteiger partial charge in [-0.05, 0) is 51.0 Å². The average molecular weight is 345 g/mol. The molecule has 2 rings (SSSR count). The zero-order chi connectivity index (χ0) is 13.8. The van der Waals surface area contributed by atoms with Crippen LogP contribution in [0.15, 0.2) is 22.7 Å². The number of tetrazole rings is 1. The Morgan fingerprint density at radius 1 is 1.42 bits per heavy atom. The minimum atomic E-state index is 0.585. The largest absolute Gasteiger partial charge is 0.310 e. The lowest BCUT2D eigenvalue weighted by molar-refractivity contribution is 0.537. The van der Waals surface area contributed by atoms with Gasteiger partial charge in [0.1, 0.15) is 0 Å². The number of nitrogens with zero attached hydrogens (tertiary/aromatic N) is 4. The molecule has 0 amide bonds. The van der Waals surface area contributed by atoms with E-state index in [9.17, 15) is 0 Å². The van der Waals surface area contributed by atoms with E-state index in [1.54, 1.807) is 4.68 Å². The molecule has 0 atom stereocenters. The van der Waals surface area contributed by atoms with Gasteiger partial charge in [-0.15, -0.1) is 5.10 Å². The predicted molar refractivity (Wildman–Crippen MR) is 78.4 cm³/mol. The summed E-state index contributed by atoms with van der Waals surface area (Å²) < 4.78 is 2.47. The first-order chi connectivity index (χ1) is 9.09. The third-order valence-corrected chi connectivity index (χ3v) is 3.91. The van der Waals surface area contributed by atoms with Crippen LogP contribution in [-0.2, 0) is 6.54 Å². The number of hydrogen-bond donors (Lipinski definition) is 1. The zero-order valence-electron chi connectivity index (χ0n) is 10.8. The molecule has 0 aliphatic rings. The van der Waals surface area contributed by atoms with Gasteiger partial charge in [0.25, 0.3) is 0 Å². The van der Waals surface area contributed by atoms with E-state index < -0.39 is 0 Å². The summed E-state index contributed by atoms with van der Waals surface area (Å²) in [7, 11) is 0. The highest BCUT2D eigenvalue weighted by molar-refractivity contribution is 9.10. The average Bonchev–Trinajstić information content (AvgIpc) is 2.80. The lowest BCUT2D eigenvalue weighted by Crippen LogP contribution is -2.21. The van der Waals surface area contributed by atoms with Crippen molar-refractivity contribution in [3.63, 3.8) is 0 Å². The van der Waals surface area contributed by atoms with E-state index in [4.69, 9.17) is 11.6 Å². The standard InChI is InChI=1S/C12H15BrClN5/c1-8(2)6-15-7-11-16-17-18-19(11)10-5-3-4-9(14)12(10)13/h3-5,8,15H,6-7H2,1-2H3. The third kappa shape index (κ3) is 3.52. The molecule has 0 saturated heterocycles. The molecule has 0 bridgehead atoms. The fourth-order valence-corrected chi connectivity index (χ4v) is 2.23. The van der Waals surface area contributed by atoms with Crippen LogP contribution in [-0.4, -0.2) is 26.8 Å². The molecule has 19 heavy (non-hydrogen) atoms. The molecule has 0 spiro atoms. The number of rotatable bonds is 5. The Morgan fingerprint density at radius 3 is 2.95 bits per heavy atom. The molecule has 0 fully saturated rings. The minimum Gasteiger partial charge on any atom is -0.310 e. The van der Waals surface area contributed by atoms with E-state index in [-0.39, 0.29) is 0 Å². The van der Waals surface area contributed by atoms with Gasteiger partial charge < -0.3 is 5.32 Å². The van der Waals surface area contributed by atoms with Gasteiger partial charge in [0.2, 0.25) is 0 Å². The van der Waals surface area contributed by atoms with Gasteiger partial charge in [-0.2, -0.15) is 4.68 Å². The second kappa shape index (κ2) is 6.45. The maximum absolute atomic E-state index is 6.08. The molecule has 0 aliphatic carbocycles. The molecule has 1 heterocycles.